The van der Waals surface area contributed by atoms with E-state index in [1.165, 1.54) is 17.4 Å². The van der Waals surface area contributed by atoms with Gasteiger partial charge in [-0.3, -0.25) is 19.3 Å². The van der Waals surface area contributed by atoms with Crippen molar-refractivity contribution in [1.29, 1.82) is 0 Å². The maximum absolute atomic E-state index is 15.6. The van der Waals surface area contributed by atoms with Gasteiger partial charge in [0.2, 0.25) is 0 Å². The van der Waals surface area contributed by atoms with Crippen molar-refractivity contribution in [1.82, 2.24) is 20.1 Å². The van der Waals surface area contributed by atoms with Crippen molar-refractivity contribution in [3.63, 3.8) is 0 Å². The lowest BCUT2D eigenvalue weighted by molar-refractivity contribution is -0.133. The Morgan fingerprint density at radius 3 is 2.61 bits per heavy atom. The van der Waals surface area contributed by atoms with Crippen LogP contribution in [0.5, 0.6) is 0 Å². The van der Waals surface area contributed by atoms with Crippen LogP contribution in [0.25, 0.3) is 11.3 Å². The fraction of sp³-hybridized carbons (Fsp3) is 0.576. The molecule has 0 bridgehead atoms. The summed E-state index contributed by atoms with van der Waals surface area (Å²) in [7, 11) is 2.10. The Bertz CT molecular complexity index is 1430. The predicted molar refractivity (Wildman–Crippen MR) is 168 cm³/mol. The van der Waals surface area contributed by atoms with Gasteiger partial charge in [0.25, 0.3) is 5.91 Å². The molecule has 4 heterocycles. The van der Waals surface area contributed by atoms with Gasteiger partial charge < -0.3 is 19.9 Å². The number of likely N-dealkylation sites (N-methyl/N-ethyl adjacent to an activating group) is 1. The molecule has 11 heteroatoms. The highest BCUT2D eigenvalue weighted by Gasteiger charge is 2.59. The average molecular weight is 624 g/mol. The van der Waals surface area contributed by atoms with Gasteiger partial charge in [-0.05, 0) is 51.9 Å². The van der Waals surface area contributed by atoms with Gasteiger partial charge in [-0.15, -0.1) is 11.3 Å². The van der Waals surface area contributed by atoms with E-state index in [0.29, 0.717) is 17.8 Å². The zero-order valence-electron chi connectivity index (χ0n) is 25.8. The molecule has 0 spiro atoms. The molecule has 3 aliphatic heterocycles. The number of ketones is 1. The number of piperazine rings is 1. The molecule has 44 heavy (non-hydrogen) atoms. The second-order valence-electron chi connectivity index (χ2n) is 12.7. The van der Waals surface area contributed by atoms with E-state index in [4.69, 9.17) is 9.72 Å². The molecule has 1 aromatic carbocycles. The molecular formula is C33H42FN5O4S. The zero-order chi connectivity index (χ0) is 31.0. The SMILES string of the molecule is CC=C(C)C1CN(C(C=O)(NC(=O)c2ccc(-c3csc(N4CCN(C)CC4)n3)c(F)c2)C2CCCCC2)C2C(=O)COC12. The van der Waals surface area contributed by atoms with Gasteiger partial charge in [0.1, 0.15) is 18.5 Å². The van der Waals surface area contributed by atoms with Gasteiger partial charge in [-0.1, -0.05) is 30.9 Å². The maximum Gasteiger partial charge on any atom is 0.253 e. The maximum atomic E-state index is 15.6. The third kappa shape index (κ3) is 5.63. The Balaban J connectivity index is 1.28. The summed E-state index contributed by atoms with van der Waals surface area (Å²) < 4.78 is 21.6. The number of fused-ring (bicyclic) bond motifs is 1. The molecule has 4 aliphatic rings. The number of hydrogen-bond acceptors (Lipinski definition) is 9. The minimum atomic E-state index is -1.41. The Kier molecular flexibility index (Phi) is 9.01. The number of benzene rings is 1. The summed E-state index contributed by atoms with van der Waals surface area (Å²) >= 11 is 1.49. The number of nitrogens with one attached hydrogen (secondary N) is 1. The Hall–Kier alpha value is -2.99. The number of carbonyl (C=O) groups excluding carboxylic acids is 3. The zero-order valence-corrected chi connectivity index (χ0v) is 26.6. The first-order valence-electron chi connectivity index (χ1n) is 15.8. The second kappa shape index (κ2) is 12.8. The number of rotatable bonds is 8. The van der Waals surface area contributed by atoms with E-state index < -0.39 is 23.4 Å². The largest absolute Gasteiger partial charge is 0.368 e. The van der Waals surface area contributed by atoms with Crippen molar-refractivity contribution in [2.45, 2.75) is 63.8 Å². The molecule has 1 aromatic heterocycles. The number of hydrogen-bond donors (Lipinski definition) is 1. The van der Waals surface area contributed by atoms with Crippen molar-refractivity contribution >= 4 is 34.4 Å². The lowest BCUT2D eigenvalue weighted by Crippen LogP contribution is -2.68. The standard InChI is InChI=1S/C33H42FN5O4S/c1-4-21(2)25-17-39(29-28(41)18-43-30(25)29)33(20-40,23-8-6-5-7-9-23)36-31(42)22-10-11-24(26(34)16-22)27-19-44-32(35-27)38-14-12-37(3)13-15-38/h4,10-11,16,19-20,23,25,29-30H,5-9,12-15,17-18H2,1-3H3,(H,36,42). The summed E-state index contributed by atoms with van der Waals surface area (Å²) in [6.07, 6.45) is 6.90. The summed E-state index contributed by atoms with van der Waals surface area (Å²) in [5.74, 6) is -1.41. The van der Waals surface area contributed by atoms with Crippen molar-refractivity contribution < 1.29 is 23.5 Å². The van der Waals surface area contributed by atoms with Crippen LogP contribution in [0.3, 0.4) is 0 Å². The molecule has 4 atom stereocenters. The third-order valence-electron chi connectivity index (χ3n) is 10.2. The number of allylic oxidation sites excluding steroid dienone is 1. The van der Waals surface area contributed by atoms with E-state index >= 15 is 4.39 Å². The topological polar surface area (TPSA) is 95.1 Å². The molecule has 0 radical (unpaired) electrons. The fourth-order valence-electron chi connectivity index (χ4n) is 7.45. The number of likely N-dealkylation sites (tertiary alicyclic amines) is 1. The molecule has 2 aromatic rings. The first kappa shape index (κ1) is 31.0. The number of carbonyl (C=O) groups is 3. The van der Waals surface area contributed by atoms with Crippen molar-refractivity contribution in [3.05, 3.63) is 46.6 Å². The molecule has 236 valence electrons. The smallest absolute Gasteiger partial charge is 0.253 e. The summed E-state index contributed by atoms with van der Waals surface area (Å²) in [5.41, 5.74) is 0.656. The van der Waals surface area contributed by atoms with E-state index in [9.17, 15) is 14.4 Å². The highest BCUT2D eigenvalue weighted by Crippen LogP contribution is 2.44. The van der Waals surface area contributed by atoms with Crippen LogP contribution in [0.2, 0.25) is 0 Å². The van der Waals surface area contributed by atoms with E-state index in [2.05, 4.69) is 22.2 Å². The quantitative estimate of drug-likeness (QED) is 0.347. The molecule has 9 nitrogen and oxygen atoms in total. The van der Waals surface area contributed by atoms with Crippen LogP contribution in [0.1, 0.15) is 56.3 Å². The number of nitrogens with zero attached hydrogens (tertiary/aromatic N) is 4. The first-order chi connectivity index (χ1) is 21.3. The Morgan fingerprint density at radius 2 is 1.93 bits per heavy atom. The lowest BCUT2D eigenvalue weighted by atomic mass is 9.78. The number of Topliss-reactive ketones (excluding diaryl/α,β-unsaturated/α-hetero) is 1. The fourth-order valence-corrected chi connectivity index (χ4v) is 8.33. The van der Waals surface area contributed by atoms with Gasteiger partial charge in [0, 0.05) is 61.1 Å². The molecule has 1 saturated carbocycles. The van der Waals surface area contributed by atoms with Crippen LogP contribution in [0, 0.1) is 17.7 Å². The summed E-state index contributed by atoms with van der Waals surface area (Å²) in [5, 5.41) is 5.76. The molecule has 4 unspecified atom stereocenters. The molecule has 1 aliphatic carbocycles. The monoisotopic (exact) mass is 623 g/mol. The molecule has 3 saturated heterocycles. The highest BCUT2D eigenvalue weighted by atomic mass is 32.1. The number of anilines is 1. The number of amides is 1. The predicted octanol–water partition coefficient (Wildman–Crippen LogP) is 4.14. The Morgan fingerprint density at radius 1 is 1.18 bits per heavy atom. The van der Waals surface area contributed by atoms with Crippen LogP contribution in [-0.2, 0) is 14.3 Å². The minimum Gasteiger partial charge on any atom is -0.368 e. The minimum absolute atomic E-state index is 0.00725. The van der Waals surface area contributed by atoms with Crippen molar-refractivity contribution in [3.8, 4) is 11.3 Å². The van der Waals surface area contributed by atoms with Gasteiger partial charge in [0.05, 0.1) is 11.8 Å². The van der Waals surface area contributed by atoms with Crippen molar-refractivity contribution in [2.75, 3.05) is 51.3 Å². The van der Waals surface area contributed by atoms with E-state index in [-0.39, 0.29) is 35.9 Å². The van der Waals surface area contributed by atoms with Gasteiger partial charge in [-0.2, -0.15) is 0 Å². The summed E-state index contributed by atoms with van der Waals surface area (Å²) in [6, 6.07) is 3.77. The number of halogens is 1. The summed E-state index contributed by atoms with van der Waals surface area (Å²) in [4.78, 5) is 51.4. The van der Waals surface area contributed by atoms with Crippen LogP contribution >= 0.6 is 11.3 Å². The number of aromatic nitrogens is 1. The van der Waals surface area contributed by atoms with Crippen LogP contribution in [-0.4, -0.2) is 96.9 Å². The summed E-state index contributed by atoms with van der Waals surface area (Å²) in [6.45, 7) is 8.02. The van der Waals surface area contributed by atoms with Crippen LogP contribution in [0.4, 0.5) is 9.52 Å². The first-order valence-corrected chi connectivity index (χ1v) is 16.7. The molecule has 1 N–H and O–H groups in total. The average Bonchev–Trinajstić information content (AvgIpc) is 3.78. The van der Waals surface area contributed by atoms with E-state index in [1.807, 2.05) is 30.2 Å². The van der Waals surface area contributed by atoms with E-state index in [0.717, 1.165) is 75.3 Å². The number of aldehydes is 1. The van der Waals surface area contributed by atoms with Gasteiger partial charge in [-0.25, -0.2) is 9.37 Å². The number of ether oxygens (including phenoxy) is 1. The second-order valence-corrected chi connectivity index (χ2v) is 13.5. The molecular weight excluding hydrogens is 581 g/mol. The van der Waals surface area contributed by atoms with Crippen molar-refractivity contribution in [2.24, 2.45) is 11.8 Å². The number of thiazole rings is 1. The molecule has 4 fully saturated rings. The third-order valence-corrected chi connectivity index (χ3v) is 11.1. The van der Waals surface area contributed by atoms with Crippen LogP contribution in [0.15, 0.2) is 35.2 Å². The van der Waals surface area contributed by atoms with Crippen LogP contribution < -0.4 is 10.2 Å². The Labute approximate surface area is 262 Å². The molecule has 1 amide bonds. The van der Waals surface area contributed by atoms with Gasteiger partial charge in [0.15, 0.2) is 22.9 Å². The van der Waals surface area contributed by atoms with E-state index in [1.54, 1.807) is 12.1 Å². The van der Waals surface area contributed by atoms with Gasteiger partial charge >= 0.3 is 0 Å². The molecule has 6 rings (SSSR count). The normalized spacial score (nSPS) is 26.9. The lowest BCUT2D eigenvalue weighted by Gasteiger charge is -2.47. The highest BCUT2D eigenvalue weighted by molar-refractivity contribution is 7.14.